The molecule has 2 aliphatic heterocycles. The lowest BCUT2D eigenvalue weighted by atomic mass is 9.84. The zero-order chi connectivity index (χ0) is 18.7. The van der Waals surface area contributed by atoms with Crippen LogP contribution < -0.4 is 14.2 Å². The lowest BCUT2D eigenvalue weighted by molar-refractivity contribution is -0.112. The minimum Gasteiger partial charge on any atom is -0.495 e. The van der Waals surface area contributed by atoms with Crippen molar-refractivity contribution < 1.29 is 29.2 Å². The van der Waals surface area contributed by atoms with E-state index in [1.165, 1.54) is 14.0 Å². The Morgan fingerprint density at radius 2 is 1.80 bits per heavy atom. The summed E-state index contributed by atoms with van der Waals surface area (Å²) in [6.07, 6.45) is 1.27. The predicted octanol–water partition coefficient (Wildman–Crippen LogP) is 2.65. The number of ether oxygens (including phenoxy) is 3. The van der Waals surface area contributed by atoms with Crippen LogP contribution in [-0.4, -0.2) is 40.4 Å². The molecule has 3 rings (SSSR count). The molecule has 2 atom stereocenters. The van der Waals surface area contributed by atoms with Crippen LogP contribution in [0, 0.1) is 0 Å². The minimum atomic E-state index is -1.25. The first-order valence-electron chi connectivity index (χ1n) is 8.22. The Labute approximate surface area is 147 Å². The van der Waals surface area contributed by atoms with Gasteiger partial charge in [-0.2, -0.15) is 0 Å². The molecule has 2 heterocycles. The van der Waals surface area contributed by atoms with Gasteiger partial charge in [0.25, 0.3) is 0 Å². The first kappa shape index (κ1) is 17.8. The molecule has 1 aromatic carbocycles. The fourth-order valence-corrected chi connectivity index (χ4v) is 3.33. The van der Waals surface area contributed by atoms with E-state index in [0.717, 1.165) is 0 Å². The number of methoxy groups -OCH3 is 1. The molecule has 2 N–H and O–H groups in total. The molecule has 0 amide bonds. The molecule has 0 bridgehead atoms. The number of hydrogen-bond acceptors (Lipinski definition) is 6. The lowest BCUT2D eigenvalue weighted by Crippen LogP contribution is -2.49. The topological polar surface area (TPSA) is 85.2 Å². The van der Waals surface area contributed by atoms with Crippen molar-refractivity contribution in [3.05, 3.63) is 22.8 Å². The number of Topliss-reactive ketones (excluding diaryl/α,β-unsaturated/α-hetero) is 1. The molecule has 0 unspecified atom stereocenters. The number of aliphatic hydroxyl groups is 2. The quantitative estimate of drug-likeness (QED) is 0.799. The molecule has 136 valence electrons. The molecule has 0 saturated carbocycles. The van der Waals surface area contributed by atoms with E-state index in [4.69, 9.17) is 14.2 Å². The zero-order valence-corrected chi connectivity index (χ0v) is 15.3. The van der Waals surface area contributed by atoms with E-state index in [9.17, 15) is 15.0 Å². The van der Waals surface area contributed by atoms with E-state index in [2.05, 4.69) is 0 Å². The first-order valence-corrected chi connectivity index (χ1v) is 8.22. The highest BCUT2D eigenvalue weighted by Crippen LogP contribution is 2.54. The van der Waals surface area contributed by atoms with Gasteiger partial charge in [-0.25, -0.2) is 0 Å². The van der Waals surface area contributed by atoms with Crippen molar-refractivity contribution in [2.24, 2.45) is 0 Å². The largest absolute Gasteiger partial charge is 0.495 e. The SMILES string of the molecule is COc1c(C(C)=O)c2c(c3c1[C@H](O)[C@@H](O)C(C)(C)O3)C=CC(C)(C)O2. The zero-order valence-electron chi connectivity index (χ0n) is 15.3. The number of carbonyl (C=O) groups is 1. The number of fused-ring (bicyclic) bond motifs is 3. The average Bonchev–Trinajstić information content (AvgIpc) is 2.49. The third-order valence-corrected chi connectivity index (χ3v) is 4.68. The summed E-state index contributed by atoms with van der Waals surface area (Å²) in [5.41, 5.74) is -0.531. The Balaban J connectivity index is 2.41. The maximum atomic E-state index is 12.3. The fourth-order valence-electron chi connectivity index (χ4n) is 3.33. The number of carbonyl (C=O) groups excluding carboxylic acids is 1. The van der Waals surface area contributed by atoms with Crippen LogP contribution in [0.4, 0.5) is 0 Å². The van der Waals surface area contributed by atoms with Crippen LogP contribution >= 0.6 is 0 Å². The molecule has 0 aromatic heterocycles. The molecule has 1 aromatic rings. The van der Waals surface area contributed by atoms with Gasteiger partial charge in [0, 0.05) is 0 Å². The summed E-state index contributed by atoms with van der Waals surface area (Å²) in [7, 11) is 1.41. The average molecular weight is 348 g/mol. The number of hydrogen-bond donors (Lipinski definition) is 2. The summed E-state index contributed by atoms with van der Waals surface area (Å²) in [5.74, 6) is 0.657. The van der Waals surface area contributed by atoms with Crippen molar-refractivity contribution in [1.82, 2.24) is 0 Å². The smallest absolute Gasteiger partial charge is 0.167 e. The van der Waals surface area contributed by atoms with Gasteiger partial charge in [0.2, 0.25) is 0 Å². The van der Waals surface area contributed by atoms with Crippen LogP contribution in [0.1, 0.15) is 62.2 Å². The highest BCUT2D eigenvalue weighted by Gasteiger charge is 2.47. The summed E-state index contributed by atoms with van der Waals surface area (Å²) in [6.45, 7) is 8.56. The van der Waals surface area contributed by atoms with Gasteiger partial charge in [0.1, 0.15) is 46.2 Å². The molecule has 0 aliphatic carbocycles. The summed E-state index contributed by atoms with van der Waals surface area (Å²) in [6, 6.07) is 0. The highest BCUT2D eigenvalue weighted by atomic mass is 16.5. The first-order chi connectivity index (χ1) is 11.5. The second-order valence-corrected chi connectivity index (χ2v) is 7.58. The van der Waals surface area contributed by atoms with Crippen molar-refractivity contribution in [3.8, 4) is 17.2 Å². The Morgan fingerprint density at radius 3 is 2.36 bits per heavy atom. The second-order valence-electron chi connectivity index (χ2n) is 7.58. The highest BCUT2D eigenvalue weighted by molar-refractivity contribution is 6.02. The molecule has 25 heavy (non-hydrogen) atoms. The van der Waals surface area contributed by atoms with E-state index in [1.807, 2.05) is 26.0 Å². The molecule has 0 saturated heterocycles. The third-order valence-electron chi connectivity index (χ3n) is 4.68. The third kappa shape index (κ3) is 2.60. The van der Waals surface area contributed by atoms with Gasteiger partial charge in [0.15, 0.2) is 5.78 Å². The van der Waals surface area contributed by atoms with Crippen LogP contribution in [0.5, 0.6) is 17.2 Å². The van der Waals surface area contributed by atoms with Crippen molar-refractivity contribution >= 4 is 11.9 Å². The number of ketones is 1. The maximum absolute atomic E-state index is 12.3. The Hall–Kier alpha value is -2.05. The molecular weight excluding hydrogens is 324 g/mol. The lowest BCUT2D eigenvalue weighted by Gasteiger charge is -2.42. The molecule has 6 nitrogen and oxygen atoms in total. The predicted molar refractivity (Wildman–Crippen MR) is 92.4 cm³/mol. The van der Waals surface area contributed by atoms with Crippen LogP contribution in [0.2, 0.25) is 0 Å². The standard InChI is InChI=1S/C19H24O6/c1-9(20)11-14-10(7-8-18(2,3)24-14)15-12(16(11)23-6)13(21)17(22)19(4,5)25-15/h7-8,13,17,21-22H,1-6H3/t13-,17+/m0/s1. The van der Waals surface area contributed by atoms with Crippen molar-refractivity contribution in [2.75, 3.05) is 7.11 Å². The van der Waals surface area contributed by atoms with Crippen LogP contribution in [0.3, 0.4) is 0 Å². The van der Waals surface area contributed by atoms with Crippen LogP contribution in [-0.2, 0) is 0 Å². The summed E-state index contributed by atoms with van der Waals surface area (Å²) in [4.78, 5) is 12.3. The monoisotopic (exact) mass is 348 g/mol. The van der Waals surface area contributed by atoms with Gasteiger partial charge >= 0.3 is 0 Å². The van der Waals surface area contributed by atoms with E-state index in [0.29, 0.717) is 17.1 Å². The maximum Gasteiger partial charge on any atom is 0.167 e. The van der Waals surface area contributed by atoms with Crippen molar-refractivity contribution in [2.45, 2.75) is 58.0 Å². The Kier molecular flexibility index (Phi) is 3.89. The number of benzene rings is 1. The second kappa shape index (κ2) is 5.47. The Morgan fingerprint density at radius 1 is 1.16 bits per heavy atom. The summed E-state index contributed by atoms with van der Waals surface area (Å²) in [5, 5.41) is 21.1. The van der Waals surface area contributed by atoms with Gasteiger partial charge in [-0.15, -0.1) is 0 Å². The number of rotatable bonds is 2. The molecule has 0 fully saturated rings. The summed E-state index contributed by atoms with van der Waals surface area (Å²) < 4.78 is 17.5. The molecule has 0 radical (unpaired) electrons. The van der Waals surface area contributed by atoms with Gasteiger partial charge in [-0.1, -0.05) is 0 Å². The van der Waals surface area contributed by atoms with Crippen LogP contribution in [0.25, 0.3) is 6.08 Å². The van der Waals surface area contributed by atoms with Crippen LogP contribution in [0.15, 0.2) is 6.08 Å². The van der Waals surface area contributed by atoms with Gasteiger partial charge in [-0.3, -0.25) is 4.79 Å². The fraction of sp³-hybridized carbons (Fsp3) is 0.526. The van der Waals surface area contributed by atoms with Crippen molar-refractivity contribution in [3.63, 3.8) is 0 Å². The van der Waals surface area contributed by atoms with E-state index < -0.39 is 23.4 Å². The molecular formula is C19H24O6. The van der Waals surface area contributed by atoms with Gasteiger partial charge in [0.05, 0.1) is 18.2 Å². The van der Waals surface area contributed by atoms with E-state index in [-0.39, 0.29) is 22.7 Å². The normalized spacial score (nSPS) is 25.3. The van der Waals surface area contributed by atoms with E-state index in [1.54, 1.807) is 13.8 Å². The minimum absolute atomic E-state index is 0.175. The van der Waals surface area contributed by atoms with Crippen molar-refractivity contribution in [1.29, 1.82) is 0 Å². The van der Waals surface area contributed by atoms with Gasteiger partial charge < -0.3 is 24.4 Å². The molecule has 0 spiro atoms. The molecule has 2 aliphatic rings. The number of aliphatic hydroxyl groups excluding tert-OH is 2. The Bertz CT molecular complexity index is 775. The molecule has 6 heteroatoms. The summed E-state index contributed by atoms with van der Waals surface area (Å²) >= 11 is 0. The van der Waals surface area contributed by atoms with Gasteiger partial charge in [-0.05, 0) is 46.8 Å². The van der Waals surface area contributed by atoms with E-state index >= 15 is 0 Å².